The second-order valence-electron chi connectivity index (χ2n) is 6.82. The molecule has 0 aliphatic carbocycles. The lowest BCUT2D eigenvalue weighted by atomic mass is 10.1. The van der Waals surface area contributed by atoms with Crippen molar-refractivity contribution < 1.29 is 4.74 Å². The van der Waals surface area contributed by atoms with Crippen LogP contribution in [0.25, 0.3) is 23.1 Å². The molecule has 0 radical (unpaired) electrons. The van der Waals surface area contributed by atoms with Crippen molar-refractivity contribution in [1.82, 2.24) is 9.97 Å². The van der Waals surface area contributed by atoms with Crippen LogP contribution in [-0.4, -0.2) is 22.6 Å². The zero-order valence-electron chi connectivity index (χ0n) is 15.6. The molecular formula is C24H23N3O. The second-order valence-corrected chi connectivity index (χ2v) is 6.82. The van der Waals surface area contributed by atoms with Gasteiger partial charge in [0.25, 0.3) is 0 Å². The highest BCUT2D eigenvalue weighted by Crippen LogP contribution is 2.20. The molecule has 2 heterocycles. The standard InChI is InChI=1S/C24H23N3O/c25-21(15-20-16-27-24-7-2-1-6-23(20)24)17-28-22-5-3-4-19(14-22)9-8-18-10-12-26-13-11-18/h1-14,16,21,27H,15,17,25H2/b9-8+/t21-/m0/s1. The van der Waals surface area contributed by atoms with E-state index in [0.29, 0.717) is 6.61 Å². The summed E-state index contributed by atoms with van der Waals surface area (Å²) < 4.78 is 5.94. The highest BCUT2D eigenvalue weighted by Gasteiger charge is 2.09. The molecule has 4 rings (SSSR count). The maximum atomic E-state index is 6.32. The van der Waals surface area contributed by atoms with Crippen molar-refractivity contribution in [2.75, 3.05) is 6.61 Å². The van der Waals surface area contributed by atoms with Crippen LogP contribution in [0.3, 0.4) is 0 Å². The van der Waals surface area contributed by atoms with E-state index in [4.69, 9.17) is 10.5 Å². The van der Waals surface area contributed by atoms with Crippen molar-refractivity contribution in [3.63, 3.8) is 0 Å². The van der Waals surface area contributed by atoms with Gasteiger partial charge in [0.15, 0.2) is 0 Å². The predicted octanol–water partition coefficient (Wildman–Crippen LogP) is 4.68. The number of nitrogens with zero attached hydrogens (tertiary/aromatic N) is 1. The first-order chi connectivity index (χ1) is 13.8. The number of pyridine rings is 1. The van der Waals surface area contributed by atoms with Crippen LogP contribution >= 0.6 is 0 Å². The first-order valence-electron chi connectivity index (χ1n) is 9.39. The van der Waals surface area contributed by atoms with Crippen molar-refractivity contribution in [3.05, 3.63) is 95.9 Å². The molecule has 2 aromatic heterocycles. The maximum absolute atomic E-state index is 6.32. The molecule has 140 valence electrons. The smallest absolute Gasteiger partial charge is 0.119 e. The van der Waals surface area contributed by atoms with E-state index in [0.717, 1.165) is 28.8 Å². The quantitative estimate of drug-likeness (QED) is 0.497. The molecule has 3 N–H and O–H groups in total. The van der Waals surface area contributed by atoms with Gasteiger partial charge < -0.3 is 15.5 Å². The summed E-state index contributed by atoms with van der Waals surface area (Å²) in [5.41, 5.74) is 10.9. The van der Waals surface area contributed by atoms with E-state index < -0.39 is 0 Å². The molecule has 0 aliphatic heterocycles. The Morgan fingerprint density at radius 1 is 0.964 bits per heavy atom. The molecule has 2 aromatic carbocycles. The van der Waals surface area contributed by atoms with Crippen LogP contribution in [0.2, 0.25) is 0 Å². The summed E-state index contributed by atoms with van der Waals surface area (Å²) in [5, 5.41) is 1.22. The van der Waals surface area contributed by atoms with Crippen LogP contribution in [-0.2, 0) is 6.42 Å². The average Bonchev–Trinajstić information content (AvgIpc) is 3.15. The molecule has 0 unspecified atom stereocenters. The van der Waals surface area contributed by atoms with Crippen molar-refractivity contribution >= 4 is 23.1 Å². The van der Waals surface area contributed by atoms with E-state index in [-0.39, 0.29) is 6.04 Å². The molecule has 0 saturated heterocycles. The average molecular weight is 369 g/mol. The molecule has 0 bridgehead atoms. The SMILES string of the molecule is N[C@H](COc1cccc(/C=C/c2ccncc2)c1)Cc1c[nH]c2ccccc12. The summed E-state index contributed by atoms with van der Waals surface area (Å²) in [6.07, 6.45) is 10.5. The Balaban J connectivity index is 1.36. The highest BCUT2D eigenvalue weighted by atomic mass is 16.5. The number of aromatic amines is 1. The molecule has 0 aliphatic rings. The molecule has 1 atom stereocenters. The molecular weight excluding hydrogens is 346 g/mol. The third kappa shape index (κ3) is 4.48. The molecule has 4 nitrogen and oxygen atoms in total. The van der Waals surface area contributed by atoms with Crippen LogP contribution in [0.15, 0.2) is 79.3 Å². The molecule has 4 heteroatoms. The number of hydrogen-bond acceptors (Lipinski definition) is 3. The van der Waals surface area contributed by atoms with Crippen molar-refractivity contribution in [3.8, 4) is 5.75 Å². The van der Waals surface area contributed by atoms with Gasteiger partial charge in [0.2, 0.25) is 0 Å². The van der Waals surface area contributed by atoms with Gasteiger partial charge in [-0.2, -0.15) is 0 Å². The van der Waals surface area contributed by atoms with Gasteiger partial charge in [-0.3, -0.25) is 4.98 Å². The Morgan fingerprint density at radius 2 is 1.79 bits per heavy atom. The van der Waals surface area contributed by atoms with Gasteiger partial charge in [0.1, 0.15) is 12.4 Å². The predicted molar refractivity (Wildman–Crippen MR) is 115 cm³/mol. The first kappa shape index (κ1) is 18.0. The number of fused-ring (bicyclic) bond motifs is 1. The van der Waals surface area contributed by atoms with Gasteiger partial charge in [-0.1, -0.05) is 42.5 Å². The number of nitrogens with two attached hydrogens (primary N) is 1. The summed E-state index contributed by atoms with van der Waals surface area (Å²) >= 11 is 0. The highest BCUT2D eigenvalue weighted by molar-refractivity contribution is 5.83. The topological polar surface area (TPSA) is 63.9 Å². The molecule has 4 aromatic rings. The monoisotopic (exact) mass is 369 g/mol. The van der Waals surface area contributed by atoms with Crippen LogP contribution in [0.5, 0.6) is 5.75 Å². The lowest BCUT2D eigenvalue weighted by Gasteiger charge is -2.13. The third-order valence-corrected chi connectivity index (χ3v) is 4.65. The second kappa shape index (κ2) is 8.55. The molecule has 28 heavy (non-hydrogen) atoms. The van der Waals surface area contributed by atoms with Gasteiger partial charge in [-0.05, 0) is 53.4 Å². The van der Waals surface area contributed by atoms with E-state index in [9.17, 15) is 0 Å². The van der Waals surface area contributed by atoms with Gasteiger partial charge in [0.05, 0.1) is 0 Å². The van der Waals surface area contributed by atoms with Crippen LogP contribution in [0.4, 0.5) is 0 Å². The van der Waals surface area contributed by atoms with E-state index >= 15 is 0 Å². The third-order valence-electron chi connectivity index (χ3n) is 4.65. The maximum Gasteiger partial charge on any atom is 0.119 e. The number of rotatable bonds is 7. The Hall–Kier alpha value is -3.37. The largest absolute Gasteiger partial charge is 0.492 e. The van der Waals surface area contributed by atoms with Crippen molar-refractivity contribution in [2.45, 2.75) is 12.5 Å². The van der Waals surface area contributed by atoms with Crippen LogP contribution < -0.4 is 10.5 Å². The Kier molecular flexibility index (Phi) is 5.50. The molecule has 0 saturated carbocycles. The number of benzene rings is 2. The summed E-state index contributed by atoms with van der Waals surface area (Å²) in [5.74, 6) is 0.825. The summed E-state index contributed by atoms with van der Waals surface area (Å²) in [7, 11) is 0. The Bertz CT molecular complexity index is 1070. The molecule has 0 spiro atoms. The zero-order chi connectivity index (χ0) is 19.2. The lowest BCUT2D eigenvalue weighted by molar-refractivity contribution is 0.288. The number of H-pyrrole nitrogens is 1. The summed E-state index contributed by atoms with van der Waals surface area (Å²) in [6.45, 7) is 0.469. The Morgan fingerprint density at radius 3 is 2.68 bits per heavy atom. The van der Waals surface area contributed by atoms with Crippen LogP contribution in [0, 0.1) is 0 Å². The van der Waals surface area contributed by atoms with Crippen molar-refractivity contribution in [2.24, 2.45) is 5.73 Å². The summed E-state index contributed by atoms with van der Waals surface area (Å²) in [6, 6.07) is 20.2. The molecule has 0 amide bonds. The fourth-order valence-corrected chi connectivity index (χ4v) is 3.22. The van der Waals surface area contributed by atoms with Gasteiger partial charge >= 0.3 is 0 Å². The fourth-order valence-electron chi connectivity index (χ4n) is 3.22. The van der Waals surface area contributed by atoms with E-state index in [2.05, 4.69) is 40.3 Å². The first-order valence-corrected chi connectivity index (χ1v) is 9.39. The zero-order valence-corrected chi connectivity index (χ0v) is 15.6. The number of hydrogen-bond donors (Lipinski definition) is 2. The minimum absolute atomic E-state index is 0.0739. The van der Waals surface area contributed by atoms with E-state index in [1.807, 2.05) is 48.7 Å². The van der Waals surface area contributed by atoms with Gasteiger partial charge in [0, 0.05) is 35.5 Å². The van der Waals surface area contributed by atoms with Gasteiger partial charge in [-0.25, -0.2) is 0 Å². The normalized spacial score (nSPS) is 12.5. The van der Waals surface area contributed by atoms with E-state index in [1.54, 1.807) is 12.4 Å². The molecule has 0 fully saturated rings. The van der Waals surface area contributed by atoms with Gasteiger partial charge in [-0.15, -0.1) is 0 Å². The van der Waals surface area contributed by atoms with Crippen molar-refractivity contribution in [1.29, 1.82) is 0 Å². The summed E-state index contributed by atoms with van der Waals surface area (Å²) in [4.78, 5) is 7.33. The minimum Gasteiger partial charge on any atom is -0.492 e. The number of aromatic nitrogens is 2. The Labute approximate surface area is 164 Å². The number of ether oxygens (including phenoxy) is 1. The lowest BCUT2D eigenvalue weighted by Crippen LogP contribution is -2.30. The van der Waals surface area contributed by atoms with Crippen LogP contribution in [0.1, 0.15) is 16.7 Å². The number of para-hydroxylation sites is 1. The van der Waals surface area contributed by atoms with E-state index in [1.165, 1.54) is 10.9 Å². The number of nitrogens with one attached hydrogen (secondary N) is 1. The fraction of sp³-hybridized carbons (Fsp3) is 0.125. The minimum atomic E-state index is -0.0739.